The van der Waals surface area contributed by atoms with E-state index in [1.807, 2.05) is 0 Å². The summed E-state index contributed by atoms with van der Waals surface area (Å²) < 4.78 is 4.32. The maximum Gasteiger partial charge on any atom is 0.311 e. The fraction of sp³-hybridized carbons (Fsp3) is 0.769. The SMILES string of the molecule is CC(C)(C)c1nsc(NCC2(C(=O)O)CCCC2)n1. The molecule has 19 heavy (non-hydrogen) atoms. The van der Waals surface area contributed by atoms with E-state index >= 15 is 0 Å². The van der Waals surface area contributed by atoms with Gasteiger partial charge in [-0.3, -0.25) is 4.79 Å². The van der Waals surface area contributed by atoms with Crippen LogP contribution in [0.5, 0.6) is 0 Å². The number of carboxylic acids is 1. The first-order chi connectivity index (χ1) is 8.83. The van der Waals surface area contributed by atoms with Crippen LogP contribution in [0.25, 0.3) is 0 Å². The summed E-state index contributed by atoms with van der Waals surface area (Å²) >= 11 is 1.31. The lowest BCUT2D eigenvalue weighted by atomic mass is 9.86. The highest BCUT2D eigenvalue weighted by Crippen LogP contribution is 2.38. The molecule has 1 aromatic heterocycles. The van der Waals surface area contributed by atoms with E-state index in [9.17, 15) is 9.90 Å². The minimum atomic E-state index is -0.696. The lowest BCUT2D eigenvalue weighted by Crippen LogP contribution is -2.35. The van der Waals surface area contributed by atoms with Gasteiger partial charge in [0.2, 0.25) is 5.13 Å². The van der Waals surface area contributed by atoms with Gasteiger partial charge in [0.1, 0.15) is 5.82 Å². The zero-order valence-corrected chi connectivity index (χ0v) is 12.5. The number of aromatic nitrogens is 2. The van der Waals surface area contributed by atoms with Crippen molar-refractivity contribution in [1.82, 2.24) is 9.36 Å². The van der Waals surface area contributed by atoms with Crippen LogP contribution < -0.4 is 5.32 Å². The minimum absolute atomic E-state index is 0.0751. The van der Waals surface area contributed by atoms with Crippen LogP contribution in [0.3, 0.4) is 0 Å². The number of hydrogen-bond donors (Lipinski definition) is 2. The molecule has 1 heterocycles. The molecule has 0 aliphatic heterocycles. The summed E-state index contributed by atoms with van der Waals surface area (Å²) in [5.74, 6) is 0.105. The molecule has 0 bridgehead atoms. The molecular weight excluding hydrogens is 262 g/mol. The maximum atomic E-state index is 11.4. The van der Waals surface area contributed by atoms with E-state index in [0.29, 0.717) is 6.54 Å². The Hall–Kier alpha value is -1.17. The molecule has 0 amide bonds. The summed E-state index contributed by atoms with van der Waals surface area (Å²) in [7, 11) is 0. The number of carboxylic acid groups (broad SMARTS) is 1. The third kappa shape index (κ3) is 3.05. The zero-order chi connectivity index (χ0) is 14.1. The van der Waals surface area contributed by atoms with E-state index in [1.54, 1.807) is 0 Å². The van der Waals surface area contributed by atoms with Crippen molar-refractivity contribution in [1.29, 1.82) is 0 Å². The molecule has 2 N–H and O–H groups in total. The monoisotopic (exact) mass is 283 g/mol. The highest BCUT2D eigenvalue weighted by molar-refractivity contribution is 7.09. The number of carbonyl (C=O) groups is 1. The maximum absolute atomic E-state index is 11.4. The molecule has 1 saturated carbocycles. The van der Waals surface area contributed by atoms with Gasteiger partial charge in [-0.05, 0) is 12.8 Å². The quantitative estimate of drug-likeness (QED) is 0.888. The van der Waals surface area contributed by atoms with Gasteiger partial charge in [0.05, 0.1) is 5.41 Å². The number of rotatable bonds is 4. The molecule has 2 rings (SSSR count). The number of hydrogen-bond acceptors (Lipinski definition) is 5. The molecule has 0 atom stereocenters. The third-order valence-corrected chi connectivity index (χ3v) is 4.36. The van der Waals surface area contributed by atoms with Gasteiger partial charge in [-0.25, -0.2) is 4.98 Å². The van der Waals surface area contributed by atoms with E-state index in [2.05, 4.69) is 35.4 Å². The second kappa shape index (κ2) is 5.07. The van der Waals surface area contributed by atoms with Crippen LogP contribution in [0, 0.1) is 5.41 Å². The van der Waals surface area contributed by atoms with E-state index in [1.165, 1.54) is 11.5 Å². The lowest BCUT2D eigenvalue weighted by molar-refractivity contribution is -0.147. The van der Waals surface area contributed by atoms with Gasteiger partial charge in [-0.15, -0.1) is 0 Å². The van der Waals surface area contributed by atoms with Crippen molar-refractivity contribution < 1.29 is 9.90 Å². The second-order valence-electron chi connectivity index (χ2n) is 6.32. The molecule has 5 nitrogen and oxygen atoms in total. The smallest absolute Gasteiger partial charge is 0.311 e. The largest absolute Gasteiger partial charge is 0.481 e. The Bertz CT molecular complexity index is 459. The molecule has 1 aromatic rings. The molecule has 0 aromatic carbocycles. The molecule has 1 aliphatic carbocycles. The van der Waals surface area contributed by atoms with Gasteiger partial charge in [0.15, 0.2) is 0 Å². The highest BCUT2D eigenvalue weighted by Gasteiger charge is 2.41. The van der Waals surface area contributed by atoms with Crippen LogP contribution >= 0.6 is 11.5 Å². The van der Waals surface area contributed by atoms with Crippen LogP contribution in [-0.2, 0) is 10.2 Å². The van der Waals surface area contributed by atoms with Gasteiger partial charge in [-0.1, -0.05) is 33.6 Å². The summed E-state index contributed by atoms with van der Waals surface area (Å²) in [6, 6.07) is 0. The summed E-state index contributed by atoms with van der Waals surface area (Å²) in [6.07, 6.45) is 3.50. The fourth-order valence-corrected chi connectivity index (χ4v) is 3.11. The van der Waals surface area contributed by atoms with Crippen molar-refractivity contribution in [3.8, 4) is 0 Å². The van der Waals surface area contributed by atoms with Crippen LogP contribution in [0.1, 0.15) is 52.3 Å². The van der Waals surface area contributed by atoms with Crippen molar-refractivity contribution in [2.75, 3.05) is 11.9 Å². The summed E-state index contributed by atoms with van der Waals surface area (Å²) in [5, 5.41) is 13.3. The molecule has 106 valence electrons. The van der Waals surface area contributed by atoms with Gasteiger partial charge in [-0.2, -0.15) is 4.37 Å². The first-order valence-corrected chi connectivity index (χ1v) is 7.42. The van der Waals surface area contributed by atoms with Crippen LogP contribution in [0.4, 0.5) is 5.13 Å². The molecule has 6 heteroatoms. The van der Waals surface area contributed by atoms with Gasteiger partial charge >= 0.3 is 5.97 Å². The first-order valence-electron chi connectivity index (χ1n) is 6.65. The molecule has 1 aliphatic rings. The van der Waals surface area contributed by atoms with E-state index in [0.717, 1.165) is 36.6 Å². The highest BCUT2D eigenvalue weighted by atomic mass is 32.1. The topological polar surface area (TPSA) is 75.1 Å². The lowest BCUT2D eigenvalue weighted by Gasteiger charge is -2.23. The average Bonchev–Trinajstić information content (AvgIpc) is 2.96. The van der Waals surface area contributed by atoms with E-state index in [4.69, 9.17) is 0 Å². The molecule has 0 unspecified atom stereocenters. The van der Waals surface area contributed by atoms with Crippen LogP contribution in [-0.4, -0.2) is 27.0 Å². The number of nitrogens with one attached hydrogen (secondary N) is 1. The van der Waals surface area contributed by atoms with Crippen molar-refractivity contribution >= 4 is 22.6 Å². The Labute approximate surface area is 117 Å². The molecule has 1 fully saturated rings. The normalized spacial score (nSPS) is 18.5. The van der Waals surface area contributed by atoms with Crippen molar-refractivity contribution in [2.45, 2.75) is 51.9 Å². The van der Waals surface area contributed by atoms with Gasteiger partial charge in [0.25, 0.3) is 0 Å². The van der Waals surface area contributed by atoms with Crippen molar-refractivity contribution in [2.24, 2.45) is 5.41 Å². The Balaban J connectivity index is 2.02. The third-order valence-electron chi connectivity index (χ3n) is 3.69. The van der Waals surface area contributed by atoms with E-state index < -0.39 is 11.4 Å². The predicted octanol–water partition coefficient (Wildman–Crippen LogP) is 2.89. The van der Waals surface area contributed by atoms with Crippen molar-refractivity contribution in [3.63, 3.8) is 0 Å². The Kier molecular flexibility index (Phi) is 3.80. The number of anilines is 1. The fourth-order valence-electron chi connectivity index (χ4n) is 2.36. The number of nitrogens with zero attached hydrogens (tertiary/aromatic N) is 2. The summed E-state index contributed by atoms with van der Waals surface area (Å²) in [4.78, 5) is 15.9. The molecule has 0 saturated heterocycles. The molecule has 0 spiro atoms. The van der Waals surface area contributed by atoms with Crippen molar-refractivity contribution in [3.05, 3.63) is 5.82 Å². The second-order valence-corrected chi connectivity index (χ2v) is 7.07. The van der Waals surface area contributed by atoms with E-state index in [-0.39, 0.29) is 5.41 Å². The molecular formula is C13H21N3O2S. The minimum Gasteiger partial charge on any atom is -0.481 e. The Morgan fingerprint density at radius 1 is 1.42 bits per heavy atom. The average molecular weight is 283 g/mol. The summed E-state index contributed by atoms with van der Waals surface area (Å²) in [6.45, 7) is 6.64. The first kappa shape index (κ1) is 14.2. The molecule has 0 radical (unpaired) electrons. The van der Waals surface area contributed by atoms with Gasteiger partial charge in [0, 0.05) is 23.5 Å². The standard InChI is InChI=1S/C13H21N3O2S/c1-12(2,3)9-15-11(19-16-9)14-8-13(10(17)18)6-4-5-7-13/h4-8H2,1-3H3,(H,17,18)(H,14,15,16). The predicted molar refractivity (Wildman–Crippen MR) is 75.6 cm³/mol. The number of aliphatic carboxylic acids is 1. The summed E-state index contributed by atoms with van der Waals surface area (Å²) in [5.41, 5.74) is -0.693. The Morgan fingerprint density at radius 2 is 2.05 bits per heavy atom. The van der Waals surface area contributed by atoms with Crippen LogP contribution in [0.2, 0.25) is 0 Å². The Morgan fingerprint density at radius 3 is 2.53 bits per heavy atom. The van der Waals surface area contributed by atoms with Gasteiger partial charge < -0.3 is 10.4 Å². The zero-order valence-electron chi connectivity index (χ0n) is 11.7. The van der Waals surface area contributed by atoms with Crippen LogP contribution in [0.15, 0.2) is 0 Å².